The number of carbonyl (C=O) groups excluding carboxylic acids is 1. The van der Waals surface area contributed by atoms with Gasteiger partial charge >= 0.3 is 0 Å². The van der Waals surface area contributed by atoms with Crippen LogP contribution in [0, 0.1) is 6.92 Å². The number of nitrogens with zero attached hydrogens (tertiary/aromatic N) is 3. The molecule has 1 fully saturated rings. The summed E-state index contributed by atoms with van der Waals surface area (Å²) in [7, 11) is 0. The molecule has 0 unspecified atom stereocenters. The first-order chi connectivity index (χ1) is 11.2. The second kappa shape index (κ2) is 9.50. The molecule has 1 aliphatic rings. The number of carbonyl (C=O) groups is 1. The van der Waals surface area contributed by atoms with E-state index in [2.05, 4.69) is 27.5 Å². The quantitative estimate of drug-likeness (QED) is 0.610. The number of thiazole rings is 1. The highest BCUT2D eigenvalue weighted by Gasteiger charge is 2.15. The van der Waals surface area contributed by atoms with Crippen molar-refractivity contribution in [3.8, 4) is 0 Å². The minimum absolute atomic E-state index is 0.123. The summed E-state index contributed by atoms with van der Waals surface area (Å²) in [6.45, 7) is 7.59. The fraction of sp³-hybridized carbons (Fsp3) is 0.688. The number of guanidine groups is 1. The van der Waals surface area contributed by atoms with Crippen molar-refractivity contribution in [1.29, 1.82) is 0 Å². The van der Waals surface area contributed by atoms with Crippen LogP contribution in [-0.4, -0.2) is 54.5 Å². The fourth-order valence-electron chi connectivity index (χ4n) is 2.54. The molecule has 6 nitrogen and oxygen atoms in total. The number of aryl methyl sites for hydroxylation is 1. The van der Waals surface area contributed by atoms with Crippen molar-refractivity contribution in [2.45, 2.75) is 39.5 Å². The molecule has 1 aliphatic heterocycles. The van der Waals surface area contributed by atoms with Crippen LogP contribution in [0.2, 0.25) is 0 Å². The van der Waals surface area contributed by atoms with Crippen LogP contribution in [0.3, 0.4) is 0 Å². The van der Waals surface area contributed by atoms with Gasteiger partial charge in [-0.15, -0.1) is 11.3 Å². The van der Waals surface area contributed by atoms with E-state index in [1.165, 1.54) is 11.3 Å². The molecular formula is C16H27N5OS. The predicted octanol–water partition coefficient (Wildman–Crippen LogP) is 1.56. The van der Waals surface area contributed by atoms with Gasteiger partial charge in [0.05, 0.1) is 5.01 Å². The number of piperidine rings is 1. The zero-order valence-electron chi connectivity index (χ0n) is 14.1. The highest BCUT2D eigenvalue weighted by Crippen LogP contribution is 2.11. The van der Waals surface area contributed by atoms with E-state index in [1.807, 2.05) is 18.0 Å². The van der Waals surface area contributed by atoms with Crippen molar-refractivity contribution in [2.24, 2.45) is 4.99 Å². The summed E-state index contributed by atoms with van der Waals surface area (Å²) < 4.78 is 0. The van der Waals surface area contributed by atoms with Crippen molar-refractivity contribution in [1.82, 2.24) is 20.5 Å². The zero-order valence-corrected chi connectivity index (χ0v) is 14.9. The Morgan fingerprint density at radius 3 is 2.78 bits per heavy atom. The van der Waals surface area contributed by atoms with Gasteiger partial charge in [-0.1, -0.05) is 0 Å². The van der Waals surface area contributed by atoms with Gasteiger partial charge in [0.15, 0.2) is 5.96 Å². The smallest absolute Gasteiger partial charge is 0.244 e. The number of nitrogens with one attached hydrogen (secondary N) is 2. The minimum Gasteiger partial charge on any atom is -0.357 e. The normalized spacial score (nSPS) is 15.6. The topological polar surface area (TPSA) is 69.6 Å². The van der Waals surface area contributed by atoms with Gasteiger partial charge in [-0.2, -0.15) is 0 Å². The maximum atomic E-state index is 12.2. The minimum atomic E-state index is 0.123. The van der Waals surface area contributed by atoms with Crippen molar-refractivity contribution >= 4 is 23.2 Å². The summed E-state index contributed by atoms with van der Waals surface area (Å²) in [4.78, 5) is 24.1. The second-order valence-electron chi connectivity index (χ2n) is 5.68. The van der Waals surface area contributed by atoms with Gasteiger partial charge in [0.1, 0.15) is 6.54 Å². The number of hydrogen-bond donors (Lipinski definition) is 2. The third-order valence-electron chi connectivity index (χ3n) is 3.73. The first-order valence-corrected chi connectivity index (χ1v) is 9.22. The van der Waals surface area contributed by atoms with Gasteiger partial charge in [0.25, 0.3) is 0 Å². The Morgan fingerprint density at radius 2 is 2.13 bits per heavy atom. The average Bonchev–Trinajstić information content (AvgIpc) is 2.98. The summed E-state index contributed by atoms with van der Waals surface area (Å²) in [5.74, 6) is 0.823. The lowest BCUT2D eigenvalue weighted by Gasteiger charge is -2.26. The summed E-state index contributed by atoms with van der Waals surface area (Å²) in [5.41, 5.74) is 0. The fourth-order valence-corrected chi connectivity index (χ4v) is 3.32. The maximum absolute atomic E-state index is 12.2. The molecule has 0 radical (unpaired) electrons. The van der Waals surface area contributed by atoms with E-state index in [4.69, 9.17) is 0 Å². The molecule has 23 heavy (non-hydrogen) atoms. The first kappa shape index (κ1) is 17.7. The summed E-state index contributed by atoms with van der Waals surface area (Å²) in [5, 5.41) is 7.58. The SMILES string of the molecule is CCNC(=NCC(=O)N1CCCCC1)NCCc1ncc(C)s1. The number of aliphatic imine (C=N–C) groups is 1. The van der Waals surface area contributed by atoms with Gasteiger partial charge in [0.2, 0.25) is 5.91 Å². The predicted molar refractivity (Wildman–Crippen MR) is 95.0 cm³/mol. The molecule has 0 spiro atoms. The number of amides is 1. The second-order valence-corrected chi connectivity index (χ2v) is 7.00. The molecule has 7 heteroatoms. The van der Waals surface area contributed by atoms with Crippen molar-refractivity contribution < 1.29 is 4.79 Å². The van der Waals surface area contributed by atoms with Crippen molar-refractivity contribution in [3.63, 3.8) is 0 Å². The molecule has 2 N–H and O–H groups in total. The standard InChI is InChI=1S/C16H27N5OS/c1-3-17-16(18-8-7-14-19-11-13(2)23-14)20-12-15(22)21-9-5-4-6-10-21/h11H,3-10,12H2,1-2H3,(H2,17,18,20). The Labute approximate surface area is 142 Å². The van der Waals surface area contributed by atoms with Crippen molar-refractivity contribution in [2.75, 3.05) is 32.7 Å². The average molecular weight is 337 g/mol. The molecule has 2 heterocycles. The van der Waals surface area contributed by atoms with E-state index < -0.39 is 0 Å². The Hall–Kier alpha value is -1.63. The largest absolute Gasteiger partial charge is 0.357 e. The number of aromatic nitrogens is 1. The molecule has 0 aromatic carbocycles. The van der Waals surface area contributed by atoms with E-state index in [0.29, 0.717) is 5.96 Å². The molecule has 1 saturated heterocycles. The Bertz CT molecular complexity index is 522. The molecule has 0 saturated carbocycles. The Morgan fingerprint density at radius 1 is 1.35 bits per heavy atom. The molecule has 1 aromatic rings. The number of likely N-dealkylation sites (tertiary alicyclic amines) is 1. The van der Waals surface area contributed by atoms with Gasteiger partial charge < -0.3 is 15.5 Å². The van der Waals surface area contributed by atoms with E-state index in [9.17, 15) is 4.79 Å². The lowest BCUT2D eigenvalue weighted by Crippen LogP contribution is -2.41. The van der Waals surface area contributed by atoms with E-state index in [-0.39, 0.29) is 12.5 Å². The molecule has 0 atom stereocenters. The number of rotatable bonds is 6. The molecule has 0 aliphatic carbocycles. The summed E-state index contributed by atoms with van der Waals surface area (Å²) in [6, 6.07) is 0. The number of hydrogen-bond acceptors (Lipinski definition) is 4. The van der Waals surface area contributed by atoms with Gasteiger partial charge in [-0.05, 0) is 33.1 Å². The summed E-state index contributed by atoms with van der Waals surface area (Å²) >= 11 is 1.72. The molecule has 2 rings (SSSR count). The van der Waals surface area contributed by atoms with Crippen LogP contribution in [-0.2, 0) is 11.2 Å². The lowest BCUT2D eigenvalue weighted by atomic mass is 10.1. The van der Waals surface area contributed by atoms with E-state index in [0.717, 1.165) is 50.4 Å². The third-order valence-corrected chi connectivity index (χ3v) is 4.70. The van der Waals surface area contributed by atoms with Crippen LogP contribution in [0.25, 0.3) is 0 Å². The lowest BCUT2D eigenvalue weighted by molar-refractivity contribution is -0.130. The third kappa shape index (κ3) is 6.17. The molecule has 0 bridgehead atoms. The van der Waals surface area contributed by atoms with Gasteiger partial charge in [0, 0.05) is 43.7 Å². The molecule has 1 amide bonds. The first-order valence-electron chi connectivity index (χ1n) is 8.40. The zero-order chi connectivity index (χ0) is 16.5. The van der Waals surface area contributed by atoms with Gasteiger partial charge in [-0.25, -0.2) is 9.98 Å². The Kier molecular flexibility index (Phi) is 7.32. The highest BCUT2D eigenvalue weighted by molar-refractivity contribution is 7.11. The summed E-state index contributed by atoms with van der Waals surface area (Å²) in [6.07, 6.45) is 6.22. The molecule has 1 aromatic heterocycles. The van der Waals surface area contributed by atoms with Gasteiger partial charge in [-0.3, -0.25) is 4.79 Å². The Balaban J connectivity index is 1.77. The van der Waals surface area contributed by atoms with Crippen LogP contribution in [0.4, 0.5) is 0 Å². The maximum Gasteiger partial charge on any atom is 0.244 e. The molecule has 128 valence electrons. The monoisotopic (exact) mass is 337 g/mol. The van der Waals surface area contributed by atoms with Crippen LogP contribution >= 0.6 is 11.3 Å². The van der Waals surface area contributed by atoms with Crippen LogP contribution < -0.4 is 10.6 Å². The van der Waals surface area contributed by atoms with Crippen LogP contribution in [0.5, 0.6) is 0 Å². The molecular weight excluding hydrogens is 310 g/mol. The van der Waals surface area contributed by atoms with E-state index >= 15 is 0 Å². The van der Waals surface area contributed by atoms with E-state index in [1.54, 1.807) is 11.3 Å². The van der Waals surface area contributed by atoms with Crippen LogP contribution in [0.15, 0.2) is 11.2 Å². The van der Waals surface area contributed by atoms with Crippen molar-refractivity contribution in [3.05, 3.63) is 16.1 Å². The van der Waals surface area contributed by atoms with Crippen LogP contribution in [0.1, 0.15) is 36.1 Å². The highest BCUT2D eigenvalue weighted by atomic mass is 32.1.